The Hall–Kier alpha value is -1.22. The van der Waals surface area contributed by atoms with Gasteiger partial charge in [-0.25, -0.2) is 0 Å². The fourth-order valence-electron chi connectivity index (χ4n) is 7.98. The van der Waals surface area contributed by atoms with E-state index in [4.69, 9.17) is 19.1 Å². The van der Waals surface area contributed by atoms with Crippen LogP contribution in [0.5, 0.6) is 0 Å². The Labute approximate surface area is 282 Å². The van der Waals surface area contributed by atoms with Crippen LogP contribution in [0.1, 0.15) is 186 Å². The molecule has 0 saturated carbocycles. The molecule has 0 aromatic rings. The van der Waals surface area contributed by atoms with Crippen LogP contribution in [0.25, 0.3) is 0 Å². The monoisotopic (exact) mass is 653 g/mol. The van der Waals surface area contributed by atoms with E-state index in [-0.39, 0.29) is 71.4 Å². The Morgan fingerprint density at radius 1 is 0.565 bits per heavy atom. The number of hydrogen-bond donors (Lipinski definition) is 0. The second kappa shape index (κ2) is 18.0. The van der Waals surface area contributed by atoms with Crippen LogP contribution >= 0.6 is 0 Å². The molecule has 0 aromatic heterocycles. The Balaban J connectivity index is 1.89. The highest BCUT2D eigenvalue weighted by molar-refractivity contribution is 5.77. The van der Waals surface area contributed by atoms with Gasteiger partial charge in [-0.3, -0.25) is 19.3 Å². The molecule has 2 aliphatic heterocycles. The average Bonchev–Trinajstić information content (AvgIpc) is 2.92. The van der Waals surface area contributed by atoms with Gasteiger partial charge >= 0.3 is 11.9 Å². The van der Waals surface area contributed by atoms with Gasteiger partial charge in [0, 0.05) is 47.8 Å². The highest BCUT2D eigenvalue weighted by Gasteiger charge is 2.50. The van der Waals surface area contributed by atoms with Crippen molar-refractivity contribution in [3.05, 3.63) is 0 Å². The summed E-state index contributed by atoms with van der Waals surface area (Å²) in [6.07, 6.45) is 14.0. The van der Waals surface area contributed by atoms with Crippen molar-refractivity contribution in [3.8, 4) is 0 Å². The summed E-state index contributed by atoms with van der Waals surface area (Å²) in [5.41, 5.74) is -1.19. The van der Waals surface area contributed by atoms with Crippen LogP contribution in [0.2, 0.25) is 0 Å². The van der Waals surface area contributed by atoms with E-state index in [2.05, 4.69) is 93.2 Å². The zero-order chi connectivity index (χ0) is 34.8. The number of carbonyl (C=O) groups is 2. The van der Waals surface area contributed by atoms with Gasteiger partial charge in [-0.15, -0.1) is 0 Å². The number of nitrogens with zero attached hydrogens (tertiary/aromatic N) is 2. The van der Waals surface area contributed by atoms with E-state index in [1.54, 1.807) is 0 Å². The molecule has 0 radical (unpaired) electrons. The first-order valence-electron chi connectivity index (χ1n) is 18.7. The molecule has 0 amide bonds. The van der Waals surface area contributed by atoms with Crippen LogP contribution in [0.4, 0.5) is 0 Å². The number of carbonyl (C=O) groups excluding carboxylic acids is 2. The minimum atomic E-state index is -0.341. The molecule has 2 heterocycles. The summed E-state index contributed by atoms with van der Waals surface area (Å²) in [7, 11) is 0. The van der Waals surface area contributed by atoms with Crippen molar-refractivity contribution >= 4 is 11.9 Å². The summed E-state index contributed by atoms with van der Waals surface area (Å²) in [5.74, 6) is -0.682. The standard InChI is InChI=1S/C38H72N2O6/c1-13-17-19-21-29(15-3)45-39-35(5,6)25-31(26-36(39,7)8)43-33(41)23-24-34(42)44-32-27-37(9,10)40(38(11,12)28-32)46-30(16-4)22-20-18-14-2/h29-32H,13-28H2,1-12H3. The smallest absolute Gasteiger partial charge is 0.306 e. The van der Waals surface area contributed by atoms with E-state index in [9.17, 15) is 9.59 Å². The SMILES string of the molecule is CCCCCC(CC)ON1C(C)(C)CC(OC(=O)CCC(=O)OC2CC(C)(C)N(OC(CC)CCCCC)C(C)(C)C2)CC1(C)C. The molecular weight excluding hydrogens is 580 g/mol. The van der Waals surface area contributed by atoms with Gasteiger partial charge in [0.25, 0.3) is 0 Å². The van der Waals surface area contributed by atoms with Crippen molar-refractivity contribution in [2.45, 2.75) is 232 Å². The summed E-state index contributed by atoms with van der Waals surface area (Å²) >= 11 is 0. The van der Waals surface area contributed by atoms with Crippen molar-refractivity contribution in [1.29, 1.82) is 0 Å². The Kier molecular flexibility index (Phi) is 16.0. The van der Waals surface area contributed by atoms with Gasteiger partial charge < -0.3 is 9.47 Å². The second-order valence-corrected chi connectivity index (χ2v) is 16.6. The topological polar surface area (TPSA) is 77.5 Å². The summed E-state index contributed by atoms with van der Waals surface area (Å²) in [4.78, 5) is 39.2. The molecule has 0 aromatic carbocycles. The molecule has 270 valence electrons. The first-order valence-corrected chi connectivity index (χ1v) is 18.7. The van der Waals surface area contributed by atoms with E-state index in [1.807, 2.05) is 0 Å². The average molecular weight is 653 g/mol. The molecular formula is C38H72N2O6. The predicted octanol–water partition coefficient (Wildman–Crippen LogP) is 9.48. The van der Waals surface area contributed by atoms with E-state index in [0.29, 0.717) is 25.7 Å². The number of unbranched alkanes of at least 4 members (excludes halogenated alkanes) is 4. The molecule has 2 unspecified atom stereocenters. The Morgan fingerprint density at radius 3 is 1.13 bits per heavy atom. The van der Waals surface area contributed by atoms with Crippen LogP contribution in [-0.2, 0) is 28.7 Å². The molecule has 0 N–H and O–H groups in total. The lowest BCUT2D eigenvalue weighted by atomic mass is 9.80. The first-order chi connectivity index (χ1) is 21.4. The van der Waals surface area contributed by atoms with Crippen molar-refractivity contribution in [2.75, 3.05) is 0 Å². The molecule has 46 heavy (non-hydrogen) atoms. The van der Waals surface area contributed by atoms with Gasteiger partial charge in [-0.2, -0.15) is 10.1 Å². The molecule has 2 rings (SSSR count). The number of hydroxylamine groups is 4. The number of ether oxygens (including phenoxy) is 2. The van der Waals surface area contributed by atoms with Crippen LogP contribution in [0.15, 0.2) is 0 Å². The van der Waals surface area contributed by atoms with Crippen molar-refractivity contribution in [3.63, 3.8) is 0 Å². The Bertz CT molecular complexity index is 822. The zero-order valence-electron chi connectivity index (χ0n) is 32.0. The third-order valence-electron chi connectivity index (χ3n) is 9.92. The highest BCUT2D eigenvalue weighted by atomic mass is 16.7. The first kappa shape index (κ1) is 41.0. The summed E-state index contributed by atoms with van der Waals surface area (Å²) in [6, 6.07) is 0. The van der Waals surface area contributed by atoms with Gasteiger partial charge in [0.15, 0.2) is 0 Å². The molecule has 2 fully saturated rings. The van der Waals surface area contributed by atoms with E-state index >= 15 is 0 Å². The molecule has 0 aliphatic carbocycles. The van der Waals surface area contributed by atoms with Gasteiger partial charge in [0.2, 0.25) is 0 Å². The van der Waals surface area contributed by atoms with Crippen LogP contribution in [0, 0.1) is 0 Å². The Morgan fingerprint density at radius 2 is 0.870 bits per heavy atom. The largest absolute Gasteiger partial charge is 0.462 e. The van der Waals surface area contributed by atoms with E-state index in [1.165, 1.54) is 38.5 Å². The maximum Gasteiger partial charge on any atom is 0.306 e. The minimum Gasteiger partial charge on any atom is -0.462 e. The van der Waals surface area contributed by atoms with Crippen molar-refractivity contribution in [2.24, 2.45) is 0 Å². The number of piperidine rings is 2. The van der Waals surface area contributed by atoms with E-state index in [0.717, 1.165) is 25.7 Å². The predicted molar refractivity (Wildman–Crippen MR) is 186 cm³/mol. The lowest BCUT2D eigenvalue weighted by molar-refractivity contribution is -0.316. The van der Waals surface area contributed by atoms with E-state index < -0.39 is 0 Å². The molecule has 2 saturated heterocycles. The fourth-order valence-corrected chi connectivity index (χ4v) is 7.98. The molecule has 2 atom stereocenters. The van der Waals surface area contributed by atoms with Gasteiger partial charge in [-0.1, -0.05) is 66.2 Å². The van der Waals surface area contributed by atoms with Crippen molar-refractivity contribution in [1.82, 2.24) is 10.1 Å². The highest BCUT2D eigenvalue weighted by Crippen LogP contribution is 2.42. The maximum atomic E-state index is 13.0. The zero-order valence-corrected chi connectivity index (χ0v) is 32.0. The molecule has 8 heteroatoms. The lowest BCUT2D eigenvalue weighted by Crippen LogP contribution is -2.63. The number of esters is 2. The summed E-state index contributed by atoms with van der Waals surface area (Å²) < 4.78 is 11.9. The van der Waals surface area contributed by atoms with Crippen LogP contribution in [-0.4, -0.2) is 68.6 Å². The number of rotatable bonds is 19. The van der Waals surface area contributed by atoms with Gasteiger partial charge in [-0.05, 0) is 81.1 Å². The quantitative estimate of drug-likeness (QED) is 0.101. The van der Waals surface area contributed by atoms with Crippen molar-refractivity contribution < 1.29 is 28.7 Å². The maximum absolute atomic E-state index is 13.0. The molecule has 8 nitrogen and oxygen atoms in total. The lowest BCUT2D eigenvalue weighted by Gasteiger charge is -2.54. The molecule has 0 bridgehead atoms. The van der Waals surface area contributed by atoms with Crippen LogP contribution < -0.4 is 0 Å². The summed E-state index contributed by atoms with van der Waals surface area (Å²) in [6.45, 7) is 26.1. The fraction of sp³-hybridized carbons (Fsp3) is 0.947. The molecule has 0 spiro atoms. The van der Waals surface area contributed by atoms with Crippen LogP contribution in [0.3, 0.4) is 0 Å². The number of hydrogen-bond acceptors (Lipinski definition) is 8. The second-order valence-electron chi connectivity index (χ2n) is 16.6. The molecule has 2 aliphatic rings. The third kappa shape index (κ3) is 12.3. The minimum absolute atomic E-state index is 0.0242. The van der Waals surface area contributed by atoms with Gasteiger partial charge in [0.05, 0.1) is 25.0 Å². The summed E-state index contributed by atoms with van der Waals surface area (Å²) in [5, 5.41) is 4.33. The van der Waals surface area contributed by atoms with Gasteiger partial charge in [0.1, 0.15) is 12.2 Å². The normalized spacial score (nSPS) is 23.1. The third-order valence-corrected chi connectivity index (χ3v) is 9.92.